The monoisotopic (exact) mass is 374 g/mol. The van der Waals surface area contributed by atoms with Gasteiger partial charge in [-0.05, 0) is 45.3 Å². The van der Waals surface area contributed by atoms with Crippen LogP contribution in [0.5, 0.6) is 0 Å². The summed E-state index contributed by atoms with van der Waals surface area (Å²) in [5.74, 6) is 0.586. The number of rotatable bonds is 4. The van der Waals surface area contributed by atoms with Crippen molar-refractivity contribution in [2.24, 2.45) is 13.0 Å². The zero-order valence-corrected chi connectivity index (χ0v) is 14.8. The molecule has 2 saturated heterocycles. The Morgan fingerprint density at radius 3 is 2.73 bits per heavy atom. The number of hydrogen-bond donors (Lipinski definition) is 2. The molecule has 0 saturated carbocycles. The van der Waals surface area contributed by atoms with E-state index in [0.29, 0.717) is 31.2 Å². The van der Waals surface area contributed by atoms with Gasteiger partial charge in [0.15, 0.2) is 5.82 Å². The van der Waals surface area contributed by atoms with E-state index in [1.165, 1.54) is 9.58 Å². The largest absolute Gasteiger partial charge is 0.401 e. The lowest BCUT2D eigenvalue weighted by atomic mass is 9.97. The molecule has 2 aliphatic heterocycles. The molecule has 1 aromatic rings. The quantitative estimate of drug-likeness (QED) is 0.835. The van der Waals surface area contributed by atoms with Crippen molar-refractivity contribution in [2.45, 2.75) is 37.8 Å². The molecule has 26 heavy (non-hydrogen) atoms. The third kappa shape index (κ3) is 4.94. The second-order valence-corrected chi connectivity index (χ2v) is 7.12. The molecule has 0 bridgehead atoms. The van der Waals surface area contributed by atoms with Gasteiger partial charge in [0, 0.05) is 19.5 Å². The Bertz CT molecular complexity index is 626. The van der Waals surface area contributed by atoms with E-state index in [2.05, 4.69) is 20.7 Å². The molecule has 1 atom stereocenters. The number of anilines is 1. The molecule has 0 aromatic carbocycles. The maximum Gasteiger partial charge on any atom is 0.401 e. The topological polar surface area (TPSA) is 75.1 Å². The molecule has 2 aliphatic rings. The molecule has 1 aromatic heterocycles. The van der Waals surface area contributed by atoms with Gasteiger partial charge in [0.05, 0.1) is 12.5 Å². The van der Waals surface area contributed by atoms with Crippen molar-refractivity contribution < 1.29 is 18.0 Å². The molecule has 0 spiro atoms. The first kappa shape index (κ1) is 19.1. The number of alkyl halides is 3. The number of piperidine rings is 2. The Morgan fingerprint density at radius 2 is 2.04 bits per heavy atom. The van der Waals surface area contributed by atoms with Gasteiger partial charge >= 0.3 is 6.18 Å². The maximum absolute atomic E-state index is 12.6. The van der Waals surface area contributed by atoms with Crippen molar-refractivity contribution in [2.75, 3.05) is 38.0 Å². The Labute approximate surface area is 150 Å². The highest BCUT2D eigenvalue weighted by Crippen LogP contribution is 2.25. The summed E-state index contributed by atoms with van der Waals surface area (Å²) in [5.41, 5.74) is 0. The van der Waals surface area contributed by atoms with Gasteiger partial charge < -0.3 is 5.32 Å². The van der Waals surface area contributed by atoms with Gasteiger partial charge in [-0.15, -0.1) is 0 Å². The average molecular weight is 374 g/mol. The predicted molar refractivity (Wildman–Crippen MR) is 89.7 cm³/mol. The van der Waals surface area contributed by atoms with E-state index in [-0.39, 0.29) is 18.4 Å². The van der Waals surface area contributed by atoms with Crippen LogP contribution in [0.15, 0.2) is 0 Å². The number of aromatic nitrogens is 3. The van der Waals surface area contributed by atoms with Crippen molar-refractivity contribution in [3.05, 3.63) is 5.82 Å². The predicted octanol–water partition coefficient (Wildman–Crippen LogP) is 1.49. The lowest BCUT2D eigenvalue weighted by molar-refractivity contribution is -0.151. The summed E-state index contributed by atoms with van der Waals surface area (Å²) in [5, 5.41) is 10.4. The third-order valence-corrected chi connectivity index (χ3v) is 5.00. The van der Waals surface area contributed by atoms with Gasteiger partial charge in [-0.1, -0.05) is 0 Å². The molecule has 2 fully saturated rings. The second-order valence-electron chi connectivity index (χ2n) is 7.12. The Morgan fingerprint density at radius 1 is 1.31 bits per heavy atom. The summed E-state index contributed by atoms with van der Waals surface area (Å²) in [6.07, 6.45) is -1.18. The number of nitrogens with zero attached hydrogens (tertiary/aromatic N) is 4. The minimum absolute atomic E-state index is 0.115. The fourth-order valence-corrected chi connectivity index (χ4v) is 3.65. The van der Waals surface area contributed by atoms with E-state index < -0.39 is 18.6 Å². The van der Waals surface area contributed by atoms with Crippen molar-refractivity contribution in [3.63, 3.8) is 0 Å². The summed E-state index contributed by atoms with van der Waals surface area (Å²) in [7, 11) is 1.71. The number of hydrogen-bond acceptors (Lipinski definition) is 5. The molecule has 0 aliphatic carbocycles. The minimum atomic E-state index is -4.24. The molecule has 1 amide bonds. The first-order valence-electron chi connectivity index (χ1n) is 9.03. The van der Waals surface area contributed by atoms with Crippen molar-refractivity contribution in [3.8, 4) is 0 Å². The number of carbonyl (C=O) groups excluding carboxylic acids is 1. The van der Waals surface area contributed by atoms with E-state index in [0.717, 1.165) is 25.9 Å². The number of aryl methyl sites for hydroxylation is 1. The van der Waals surface area contributed by atoms with Gasteiger partial charge in [0.25, 0.3) is 0 Å². The van der Waals surface area contributed by atoms with Gasteiger partial charge in [-0.25, -0.2) is 4.68 Å². The highest BCUT2D eigenvalue weighted by Gasteiger charge is 2.35. The van der Waals surface area contributed by atoms with E-state index in [9.17, 15) is 18.0 Å². The van der Waals surface area contributed by atoms with Crippen LogP contribution in [0.2, 0.25) is 0 Å². The molecule has 2 N–H and O–H groups in total. The second kappa shape index (κ2) is 7.91. The molecule has 146 valence electrons. The van der Waals surface area contributed by atoms with Crippen LogP contribution in [0.25, 0.3) is 0 Å². The van der Waals surface area contributed by atoms with Gasteiger partial charge in [-0.2, -0.15) is 23.3 Å². The normalized spacial score (nSPS) is 23.2. The van der Waals surface area contributed by atoms with Crippen LogP contribution in [0.4, 0.5) is 19.1 Å². The number of nitrogens with one attached hydrogen (secondary N) is 2. The van der Waals surface area contributed by atoms with Crippen LogP contribution in [0.1, 0.15) is 37.4 Å². The number of carbonyl (C=O) groups is 1. The molecular weight excluding hydrogens is 349 g/mol. The zero-order chi connectivity index (χ0) is 18.7. The first-order chi connectivity index (χ1) is 12.3. The first-order valence-corrected chi connectivity index (χ1v) is 9.03. The Hall–Kier alpha value is -1.68. The van der Waals surface area contributed by atoms with Crippen molar-refractivity contribution in [1.82, 2.24) is 25.0 Å². The smallest absolute Gasteiger partial charge is 0.317 e. The molecule has 10 heteroatoms. The fourth-order valence-electron chi connectivity index (χ4n) is 3.65. The van der Waals surface area contributed by atoms with Crippen LogP contribution < -0.4 is 10.6 Å². The summed E-state index contributed by atoms with van der Waals surface area (Å²) in [4.78, 5) is 18.2. The number of halogens is 3. The summed E-state index contributed by atoms with van der Waals surface area (Å²) >= 11 is 0. The number of likely N-dealkylation sites (tertiary alicyclic amines) is 1. The fraction of sp³-hybridized carbons (Fsp3) is 0.812. The van der Waals surface area contributed by atoms with Gasteiger partial charge in [-0.3, -0.25) is 15.0 Å². The van der Waals surface area contributed by atoms with Crippen LogP contribution in [-0.2, 0) is 11.8 Å². The molecule has 1 unspecified atom stereocenters. The zero-order valence-electron chi connectivity index (χ0n) is 14.8. The molecule has 3 heterocycles. The Balaban J connectivity index is 1.59. The maximum atomic E-state index is 12.6. The van der Waals surface area contributed by atoms with Gasteiger partial charge in [0.2, 0.25) is 11.9 Å². The highest BCUT2D eigenvalue weighted by atomic mass is 19.4. The van der Waals surface area contributed by atoms with Crippen LogP contribution in [0, 0.1) is 5.92 Å². The van der Waals surface area contributed by atoms with Crippen molar-refractivity contribution in [1.29, 1.82) is 0 Å². The van der Waals surface area contributed by atoms with Gasteiger partial charge in [0.1, 0.15) is 0 Å². The Kier molecular flexibility index (Phi) is 5.81. The van der Waals surface area contributed by atoms with Crippen LogP contribution in [0.3, 0.4) is 0 Å². The summed E-state index contributed by atoms with van der Waals surface area (Å²) < 4.78 is 39.3. The van der Waals surface area contributed by atoms with Crippen LogP contribution >= 0.6 is 0 Å². The minimum Gasteiger partial charge on any atom is -0.317 e. The lowest BCUT2D eigenvalue weighted by Crippen LogP contribution is -2.44. The average Bonchev–Trinajstić information content (AvgIpc) is 2.95. The standard InChI is InChI=1S/C16H25F3N6O/c1-24-15(21-13(23-24)11-4-6-20-7-5-11)22-14(26)12-3-2-8-25(9-12)10-16(17,18)19/h11-12,20H,2-10H2,1H3,(H,21,22,23,26). The SMILES string of the molecule is Cn1nc(C2CCNCC2)nc1NC(=O)C1CCCN(CC(F)(F)F)C1. The molecule has 3 rings (SSSR count). The molecule has 0 radical (unpaired) electrons. The summed E-state index contributed by atoms with van der Waals surface area (Å²) in [6, 6.07) is 0. The van der Waals surface area contributed by atoms with E-state index in [1.54, 1.807) is 7.05 Å². The lowest BCUT2D eigenvalue weighted by Gasteiger charge is -2.32. The molecule has 7 nitrogen and oxygen atoms in total. The highest BCUT2D eigenvalue weighted by molar-refractivity contribution is 5.91. The molecular formula is C16H25F3N6O. The third-order valence-electron chi connectivity index (χ3n) is 5.00. The van der Waals surface area contributed by atoms with E-state index in [1.807, 2.05) is 0 Å². The van der Waals surface area contributed by atoms with E-state index in [4.69, 9.17) is 0 Å². The van der Waals surface area contributed by atoms with Crippen molar-refractivity contribution >= 4 is 11.9 Å². The number of amides is 1. The van der Waals surface area contributed by atoms with Crippen LogP contribution in [-0.4, -0.2) is 64.5 Å². The van der Waals surface area contributed by atoms with E-state index >= 15 is 0 Å². The summed E-state index contributed by atoms with van der Waals surface area (Å²) in [6.45, 7) is 1.35.